The minimum Gasteiger partial charge on any atom is -0.423 e. The van der Waals surface area contributed by atoms with E-state index in [2.05, 4.69) is 52.0 Å². The van der Waals surface area contributed by atoms with Gasteiger partial charge < -0.3 is 14.2 Å². The predicted molar refractivity (Wildman–Crippen MR) is 116 cm³/mol. The van der Waals surface area contributed by atoms with Gasteiger partial charge in [0.05, 0.1) is 0 Å². The smallest absolute Gasteiger partial charge is 0.234 e. The Balaban J connectivity index is 1.38. The van der Waals surface area contributed by atoms with Crippen molar-refractivity contribution in [1.82, 2.24) is 4.98 Å². The number of hydrogen-bond donors (Lipinski definition) is 0. The number of piperazine rings is 1. The summed E-state index contributed by atoms with van der Waals surface area (Å²) in [5.41, 5.74) is 1.71. The molecule has 154 valence electrons. The molecule has 0 radical (unpaired) electrons. The lowest BCUT2D eigenvalue weighted by molar-refractivity contribution is 0.277. The summed E-state index contributed by atoms with van der Waals surface area (Å²) in [4.78, 5) is 9.19. The number of para-hydroxylation sites is 1. The molecule has 0 unspecified atom stereocenters. The zero-order chi connectivity index (χ0) is 20.1. The number of nitriles is 1. The minimum atomic E-state index is 0.374. The number of benzene rings is 1. The molecule has 0 bridgehead atoms. The van der Waals surface area contributed by atoms with Crippen LogP contribution in [-0.4, -0.2) is 31.2 Å². The highest BCUT2D eigenvalue weighted by atomic mass is 16.4. The normalized spacial score (nSPS) is 22.5. The van der Waals surface area contributed by atoms with E-state index < -0.39 is 0 Å². The highest BCUT2D eigenvalue weighted by Gasteiger charge is 2.29. The van der Waals surface area contributed by atoms with Crippen molar-refractivity contribution in [3.8, 4) is 6.07 Å². The van der Waals surface area contributed by atoms with Crippen molar-refractivity contribution in [2.75, 3.05) is 36.0 Å². The van der Waals surface area contributed by atoms with Crippen LogP contribution in [0.15, 0.2) is 34.7 Å². The zero-order valence-electron chi connectivity index (χ0n) is 17.5. The molecule has 0 spiro atoms. The summed E-state index contributed by atoms with van der Waals surface area (Å²) in [6, 6.07) is 12.8. The molecular formula is C24H32N4O. The molecule has 5 nitrogen and oxygen atoms in total. The molecule has 0 atom stereocenters. The van der Waals surface area contributed by atoms with Crippen LogP contribution in [0.25, 0.3) is 0 Å². The Labute approximate surface area is 174 Å². The van der Waals surface area contributed by atoms with Crippen LogP contribution in [-0.2, 0) is 0 Å². The third kappa shape index (κ3) is 4.58. The van der Waals surface area contributed by atoms with Gasteiger partial charge in [0.2, 0.25) is 17.5 Å². The van der Waals surface area contributed by atoms with Gasteiger partial charge in [-0.15, -0.1) is 0 Å². The molecule has 1 aromatic carbocycles. The van der Waals surface area contributed by atoms with Gasteiger partial charge in [-0.1, -0.05) is 44.4 Å². The van der Waals surface area contributed by atoms with E-state index in [0.29, 0.717) is 17.5 Å². The third-order valence-corrected chi connectivity index (χ3v) is 6.58. The lowest BCUT2D eigenvalue weighted by Gasteiger charge is -2.36. The zero-order valence-corrected chi connectivity index (χ0v) is 17.5. The van der Waals surface area contributed by atoms with Crippen molar-refractivity contribution in [1.29, 1.82) is 5.26 Å². The lowest BCUT2D eigenvalue weighted by atomic mass is 9.80. The molecule has 1 aromatic heterocycles. The van der Waals surface area contributed by atoms with Crippen LogP contribution in [0.1, 0.15) is 69.4 Å². The molecule has 5 heteroatoms. The molecular weight excluding hydrogens is 360 g/mol. The fraction of sp³-hybridized carbons (Fsp3) is 0.583. The number of nitrogens with zero attached hydrogens (tertiary/aromatic N) is 4. The first kappa shape index (κ1) is 19.8. The summed E-state index contributed by atoms with van der Waals surface area (Å²) in [6.45, 7) is 5.81. The second-order valence-corrected chi connectivity index (χ2v) is 8.49. The maximum absolute atomic E-state index is 9.62. The quantitative estimate of drug-likeness (QED) is 0.664. The molecule has 2 aliphatic rings. The van der Waals surface area contributed by atoms with Crippen LogP contribution in [0, 0.1) is 17.2 Å². The first-order valence-corrected chi connectivity index (χ1v) is 11.2. The SMILES string of the molecule is CCCCC1CCC(c2nc(C#N)c(N3CCN(c4ccccc4)CC3)o2)CC1. The standard InChI is InChI=1S/C24H32N4O/c1-2-3-7-19-10-12-20(13-11-19)23-26-22(18-25)24(29-23)28-16-14-27(15-17-28)21-8-5-4-6-9-21/h4-6,8-9,19-20H,2-3,7,10-17H2,1H3. The van der Waals surface area contributed by atoms with Crippen LogP contribution in [0.5, 0.6) is 0 Å². The van der Waals surface area contributed by atoms with E-state index in [1.165, 1.54) is 37.8 Å². The van der Waals surface area contributed by atoms with Crippen molar-refractivity contribution >= 4 is 11.6 Å². The highest BCUT2D eigenvalue weighted by Crippen LogP contribution is 2.39. The van der Waals surface area contributed by atoms with E-state index in [-0.39, 0.29) is 0 Å². The van der Waals surface area contributed by atoms with Crippen LogP contribution in [0.3, 0.4) is 0 Å². The molecule has 1 aliphatic heterocycles. The number of oxazole rings is 1. The fourth-order valence-corrected chi connectivity index (χ4v) is 4.79. The number of hydrogen-bond acceptors (Lipinski definition) is 5. The predicted octanol–water partition coefficient (Wildman–Crippen LogP) is 5.34. The molecule has 1 saturated heterocycles. The third-order valence-electron chi connectivity index (χ3n) is 6.58. The van der Waals surface area contributed by atoms with E-state index in [9.17, 15) is 5.26 Å². The van der Waals surface area contributed by atoms with Gasteiger partial charge in [-0.05, 0) is 43.7 Å². The number of aromatic nitrogens is 1. The van der Waals surface area contributed by atoms with E-state index >= 15 is 0 Å². The number of rotatable bonds is 6. The average molecular weight is 393 g/mol. The van der Waals surface area contributed by atoms with Crippen molar-refractivity contribution in [3.05, 3.63) is 41.9 Å². The number of unbranched alkanes of at least 4 members (excludes halogenated alkanes) is 1. The van der Waals surface area contributed by atoms with Gasteiger partial charge in [0.25, 0.3) is 0 Å². The molecule has 1 aliphatic carbocycles. The summed E-state index contributed by atoms with van der Waals surface area (Å²) >= 11 is 0. The largest absolute Gasteiger partial charge is 0.423 e. The molecule has 0 amide bonds. The summed E-state index contributed by atoms with van der Waals surface area (Å²) in [5.74, 6) is 2.71. The van der Waals surface area contributed by atoms with Gasteiger partial charge >= 0.3 is 0 Å². The topological polar surface area (TPSA) is 56.3 Å². The second-order valence-electron chi connectivity index (χ2n) is 8.49. The Hall–Kier alpha value is -2.48. The minimum absolute atomic E-state index is 0.374. The highest BCUT2D eigenvalue weighted by molar-refractivity contribution is 5.52. The van der Waals surface area contributed by atoms with Crippen molar-refractivity contribution in [3.63, 3.8) is 0 Å². The average Bonchev–Trinajstić information content (AvgIpc) is 3.23. The van der Waals surface area contributed by atoms with Crippen LogP contribution in [0.4, 0.5) is 11.6 Å². The second kappa shape index (κ2) is 9.35. The van der Waals surface area contributed by atoms with Gasteiger partial charge in [-0.3, -0.25) is 0 Å². The van der Waals surface area contributed by atoms with Crippen molar-refractivity contribution in [2.24, 2.45) is 5.92 Å². The number of anilines is 2. The van der Waals surface area contributed by atoms with E-state index in [1.807, 2.05) is 6.07 Å². The molecule has 0 N–H and O–H groups in total. The lowest BCUT2D eigenvalue weighted by Crippen LogP contribution is -2.46. The van der Waals surface area contributed by atoms with Gasteiger partial charge in [-0.25, -0.2) is 4.98 Å². The Morgan fingerprint density at radius 2 is 1.72 bits per heavy atom. The Morgan fingerprint density at radius 3 is 2.38 bits per heavy atom. The summed E-state index contributed by atoms with van der Waals surface area (Å²) in [6.07, 6.45) is 8.79. The van der Waals surface area contributed by atoms with Crippen molar-refractivity contribution in [2.45, 2.75) is 57.8 Å². The molecule has 2 aromatic rings. The monoisotopic (exact) mass is 392 g/mol. The van der Waals surface area contributed by atoms with E-state index in [1.54, 1.807) is 0 Å². The maximum Gasteiger partial charge on any atom is 0.234 e. The van der Waals surface area contributed by atoms with E-state index in [4.69, 9.17) is 4.42 Å². The van der Waals surface area contributed by atoms with Gasteiger partial charge in [0.15, 0.2) is 0 Å². The van der Waals surface area contributed by atoms with Crippen LogP contribution < -0.4 is 9.80 Å². The van der Waals surface area contributed by atoms with Gasteiger partial charge in [0.1, 0.15) is 6.07 Å². The van der Waals surface area contributed by atoms with E-state index in [0.717, 1.165) is 50.8 Å². The fourth-order valence-electron chi connectivity index (χ4n) is 4.79. The van der Waals surface area contributed by atoms with Gasteiger partial charge in [-0.2, -0.15) is 5.26 Å². The molecule has 29 heavy (non-hydrogen) atoms. The molecule has 4 rings (SSSR count). The first-order chi connectivity index (χ1) is 14.3. The Morgan fingerprint density at radius 1 is 1.03 bits per heavy atom. The molecule has 1 saturated carbocycles. The summed E-state index contributed by atoms with van der Waals surface area (Å²) < 4.78 is 6.22. The van der Waals surface area contributed by atoms with Crippen LogP contribution in [0.2, 0.25) is 0 Å². The molecule has 2 fully saturated rings. The Kier molecular flexibility index (Phi) is 6.39. The summed E-state index contributed by atoms with van der Waals surface area (Å²) in [5, 5.41) is 9.62. The molecule has 2 heterocycles. The maximum atomic E-state index is 9.62. The van der Waals surface area contributed by atoms with Crippen molar-refractivity contribution < 1.29 is 4.42 Å². The van der Waals surface area contributed by atoms with Gasteiger partial charge in [0, 0.05) is 37.8 Å². The van der Waals surface area contributed by atoms with Crippen LogP contribution >= 0.6 is 0 Å². The summed E-state index contributed by atoms with van der Waals surface area (Å²) in [7, 11) is 0. The first-order valence-electron chi connectivity index (χ1n) is 11.2. The Bertz CT molecular complexity index is 809.